The Morgan fingerprint density at radius 1 is 0.737 bits per heavy atom. The molecule has 1 heteroatoms. The third-order valence-electron chi connectivity index (χ3n) is 2.91. The van der Waals surface area contributed by atoms with Crippen LogP contribution in [0.4, 0.5) is 0 Å². The summed E-state index contributed by atoms with van der Waals surface area (Å²) in [5.74, 6) is 1.65. The molecule has 0 aliphatic heterocycles. The molecule has 0 bridgehead atoms. The van der Waals surface area contributed by atoms with Gasteiger partial charge in [-0.25, -0.2) is 0 Å². The standard InChI is InChI=1S/C18H18O/c1-13(2)15-9-5-7-11-17(15)19-18-12-8-6-10-16(18)14(3)4/h5-12H,1,3H2,2,4H3. The zero-order valence-corrected chi connectivity index (χ0v) is 11.4. The highest BCUT2D eigenvalue weighted by Gasteiger charge is 2.08. The second-order valence-electron chi connectivity index (χ2n) is 4.66. The molecule has 0 radical (unpaired) electrons. The molecule has 1 nitrogen and oxygen atoms in total. The lowest BCUT2D eigenvalue weighted by atomic mass is 10.1. The quantitative estimate of drug-likeness (QED) is 0.691. The van der Waals surface area contributed by atoms with Crippen LogP contribution in [0.2, 0.25) is 0 Å². The molecule has 0 saturated heterocycles. The van der Waals surface area contributed by atoms with Gasteiger partial charge in [0.2, 0.25) is 0 Å². The lowest BCUT2D eigenvalue weighted by molar-refractivity contribution is 0.479. The molecule has 0 fully saturated rings. The minimum absolute atomic E-state index is 0.823. The van der Waals surface area contributed by atoms with E-state index in [4.69, 9.17) is 4.74 Å². The first-order valence-corrected chi connectivity index (χ1v) is 6.27. The third-order valence-corrected chi connectivity index (χ3v) is 2.91. The van der Waals surface area contributed by atoms with Gasteiger partial charge in [0.15, 0.2) is 0 Å². The zero-order chi connectivity index (χ0) is 13.8. The van der Waals surface area contributed by atoms with Crippen molar-refractivity contribution >= 4 is 11.1 Å². The monoisotopic (exact) mass is 250 g/mol. The van der Waals surface area contributed by atoms with Crippen molar-refractivity contribution in [2.75, 3.05) is 0 Å². The number of para-hydroxylation sites is 2. The predicted octanol–water partition coefficient (Wildman–Crippen LogP) is 5.55. The first kappa shape index (κ1) is 13.2. The van der Waals surface area contributed by atoms with Gasteiger partial charge in [-0.3, -0.25) is 0 Å². The Morgan fingerprint density at radius 3 is 1.47 bits per heavy atom. The van der Waals surface area contributed by atoms with E-state index < -0.39 is 0 Å². The highest BCUT2D eigenvalue weighted by Crippen LogP contribution is 2.33. The van der Waals surface area contributed by atoms with Crippen LogP contribution < -0.4 is 4.74 Å². The number of hydrogen-bond donors (Lipinski definition) is 0. The normalized spacial score (nSPS) is 10.0. The summed E-state index contributed by atoms with van der Waals surface area (Å²) in [7, 11) is 0. The van der Waals surface area contributed by atoms with Crippen molar-refractivity contribution in [3.8, 4) is 11.5 Å². The van der Waals surface area contributed by atoms with Gasteiger partial charge in [0.05, 0.1) is 0 Å². The zero-order valence-electron chi connectivity index (χ0n) is 11.4. The summed E-state index contributed by atoms with van der Waals surface area (Å²) in [6.45, 7) is 11.9. The highest BCUT2D eigenvalue weighted by molar-refractivity contribution is 5.70. The lowest BCUT2D eigenvalue weighted by Gasteiger charge is -2.14. The summed E-state index contributed by atoms with van der Waals surface area (Å²) in [6, 6.07) is 15.8. The summed E-state index contributed by atoms with van der Waals surface area (Å²) >= 11 is 0. The molecule has 2 aromatic rings. The van der Waals surface area contributed by atoms with Crippen LogP contribution in [0.15, 0.2) is 61.7 Å². The van der Waals surface area contributed by atoms with Crippen LogP contribution in [-0.4, -0.2) is 0 Å². The van der Waals surface area contributed by atoms with Gasteiger partial charge in [0, 0.05) is 11.1 Å². The molecular formula is C18H18O. The Hall–Kier alpha value is -2.28. The molecule has 0 unspecified atom stereocenters. The first-order valence-electron chi connectivity index (χ1n) is 6.27. The number of hydrogen-bond acceptors (Lipinski definition) is 1. The SMILES string of the molecule is C=C(C)c1ccccc1Oc1ccccc1C(=C)C. The Labute approximate surface area is 114 Å². The van der Waals surface area contributed by atoms with Crippen LogP contribution in [0.1, 0.15) is 25.0 Å². The van der Waals surface area contributed by atoms with Crippen LogP contribution >= 0.6 is 0 Å². The largest absolute Gasteiger partial charge is 0.456 e. The minimum atomic E-state index is 0.823. The fourth-order valence-electron chi connectivity index (χ4n) is 1.93. The van der Waals surface area contributed by atoms with Crippen molar-refractivity contribution < 1.29 is 4.74 Å². The second kappa shape index (κ2) is 5.57. The summed E-state index contributed by atoms with van der Waals surface area (Å²) in [6.07, 6.45) is 0. The van der Waals surface area contributed by atoms with E-state index in [2.05, 4.69) is 13.2 Å². The average Bonchev–Trinajstić information content (AvgIpc) is 2.39. The highest BCUT2D eigenvalue weighted by atomic mass is 16.5. The van der Waals surface area contributed by atoms with Gasteiger partial charge in [-0.2, -0.15) is 0 Å². The van der Waals surface area contributed by atoms with Gasteiger partial charge >= 0.3 is 0 Å². The van der Waals surface area contributed by atoms with Gasteiger partial charge < -0.3 is 4.74 Å². The molecule has 2 rings (SSSR count). The second-order valence-corrected chi connectivity index (χ2v) is 4.66. The van der Waals surface area contributed by atoms with E-state index in [0.717, 1.165) is 33.8 Å². The molecular weight excluding hydrogens is 232 g/mol. The molecule has 0 N–H and O–H groups in total. The van der Waals surface area contributed by atoms with Crippen LogP contribution in [-0.2, 0) is 0 Å². The van der Waals surface area contributed by atoms with Crippen LogP contribution in [0, 0.1) is 0 Å². The Morgan fingerprint density at radius 2 is 1.11 bits per heavy atom. The van der Waals surface area contributed by atoms with E-state index in [1.165, 1.54) is 0 Å². The minimum Gasteiger partial charge on any atom is -0.456 e. The molecule has 0 aromatic heterocycles. The molecule has 0 saturated carbocycles. The van der Waals surface area contributed by atoms with Crippen LogP contribution in [0.5, 0.6) is 11.5 Å². The van der Waals surface area contributed by atoms with Crippen molar-refractivity contribution in [3.05, 3.63) is 72.8 Å². The number of benzene rings is 2. The Kier molecular flexibility index (Phi) is 3.86. The first-order chi connectivity index (χ1) is 9.09. The predicted molar refractivity (Wildman–Crippen MR) is 82.4 cm³/mol. The summed E-state index contributed by atoms with van der Waals surface area (Å²) in [5, 5.41) is 0. The van der Waals surface area contributed by atoms with Gasteiger partial charge in [0.1, 0.15) is 11.5 Å². The van der Waals surface area contributed by atoms with Crippen molar-refractivity contribution in [1.82, 2.24) is 0 Å². The maximum absolute atomic E-state index is 6.04. The Bertz CT molecular complexity index is 568. The maximum Gasteiger partial charge on any atom is 0.134 e. The molecule has 0 atom stereocenters. The van der Waals surface area contributed by atoms with E-state index in [0.29, 0.717) is 0 Å². The van der Waals surface area contributed by atoms with Crippen molar-refractivity contribution in [2.45, 2.75) is 13.8 Å². The molecule has 19 heavy (non-hydrogen) atoms. The fraction of sp³-hybridized carbons (Fsp3) is 0.111. The van der Waals surface area contributed by atoms with Gasteiger partial charge in [-0.15, -0.1) is 0 Å². The number of allylic oxidation sites excluding steroid dienone is 2. The Balaban J connectivity index is 2.42. The topological polar surface area (TPSA) is 9.23 Å². The van der Waals surface area contributed by atoms with E-state index in [9.17, 15) is 0 Å². The smallest absolute Gasteiger partial charge is 0.134 e. The van der Waals surface area contributed by atoms with Crippen molar-refractivity contribution in [3.63, 3.8) is 0 Å². The van der Waals surface area contributed by atoms with Crippen LogP contribution in [0.3, 0.4) is 0 Å². The molecule has 0 heterocycles. The number of ether oxygens (including phenoxy) is 1. The van der Waals surface area contributed by atoms with Gasteiger partial charge in [0.25, 0.3) is 0 Å². The van der Waals surface area contributed by atoms with E-state index in [-0.39, 0.29) is 0 Å². The molecule has 96 valence electrons. The molecule has 0 aliphatic carbocycles. The van der Waals surface area contributed by atoms with Gasteiger partial charge in [-0.05, 0) is 37.1 Å². The molecule has 0 amide bonds. The van der Waals surface area contributed by atoms with E-state index in [1.54, 1.807) is 0 Å². The fourth-order valence-corrected chi connectivity index (χ4v) is 1.93. The molecule has 2 aromatic carbocycles. The van der Waals surface area contributed by atoms with Crippen LogP contribution in [0.25, 0.3) is 11.1 Å². The molecule has 0 aliphatic rings. The summed E-state index contributed by atoms with van der Waals surface area (Å²) < 4.78 is 6.04. The van der Waals surface area contributed by atoms with Crippen molar-refractivity contribution in [2.24, 2.45) is 0 Å². The van der Waals surface area contributed by atoms with Crippen molar-refractivity contribution in [1.29, 1.82) is 0 Å². The van der Waals surface area contributed by atoms with E-state index in [1.807, 2.05) is 62.4 Å². The average molecular weight is 250 g/mol. The molecule has 0 spiro atoms. The van der Waals surface area contributed by atoms with E-state index >= 15 is 0 Å². The third kappa shape index (κ3) is 2.94. The summed E-state index contributed by atoms with van der Waals surface area (Å²) in [4.78, 5) is 0. The maximum atomic E-state index is 6.04. The van der Waals surface area contributed by atoms with Gasteiger partial charge in [-0.1, -0.05) is 49.6 Å². The summed E-state index contributed by atoms with van der Waals surface area (Å²) in [5.41, 5.74) is 4.03. The number of rotatable bonds is 4. The lowest BCUT2D eigenvalue weighted by Crippen LogP contribution is -1.92.